The van der Waals surface area contributed by atoms with Crippen molar-refractivity contribution >= 4 is 17.4 Å². The number of amides is 1. The number of phenolic OH excluding ortho intramolecular Hbond substituents is 1. The van der Waals surface area contributed by atoms with E-state index in [0.29, 0.717) is 42.4 Å². The van der Waals surface area contributed by atoms with Crippen molar-refractivity contribution in [2.45, 2.75) is 33.2 Å². The minimum Gasteiger partial charge on any atom is -0.872 e. The highest BCUT2D eigenvalue weighted by Crippen LogP contribution is 2.39. The molecule has 7 nitrogen and oxygen atoms in total. The van der Waals surface area contributed by atoms with Gasteiger partial charge in [-0.05, 0) is 53.8 Å². The van der Waals surface area contributed by atoms with Gasteiger partial charge in [-0.25, -0.2) is 0 Å². The summed E-state index contributed by atoms with van der Waals surface area (Å²) in [6.45, 7) is 7.71. The zero-order valence-corrected chi connectivity index (χ0v) is 20.6. The summed E-state index contributed by atoms with van der Waals surface area (Å²) in [6.07, 6.45) is 0.693. The number of carbonyl (C=O) groups is 2. The van der Waals surface area contributed by atoms with Crippen LogP contribution in [0.4, 0.5) is 0 Å². The molecule has 1 heterocycles. The van der Waals surface area contributed by atoms with Gasteiger partial charge in [-0.2, -0.15) is 0 Å². The van der Waals surface area contributed by atoms with E-state index in [9.17, 15) is 19.8 Å². The monoisotopic (exact) mass is 466 g/mol. The van der Waals surface area contributed by atoms with Gasteiger partial charge in [-0.3, -0.25) is 9.59 Å². The molecule has 0 bridgehead atoms. The minimum atomic E-state index is -0.789. The SMILES string of the molecule is Cc1cc(C([O-])=C2C(=O)C(=O)N(CCC[NH+](C)C)C2c2ccc(O)cc2)ccc1OCC(C)C. The fourth-order valence-corrected chi connectivity index (χ4v) is 4.07. The van der Waals surface area contributed by atoms with Gasteiger partial charge in [-0.15, -0.1) is 0 Å². The Bertz CT molecular complexity index is 1070. The van der Waals surface area contributed by atoms with Crippen LogP contribution in [0.25, 0.3) is 5.76 Å². The number of benzene rings is 2. The van der Waals surface area contributed by atoms with Crippen LogP contribution in [-0.4, -0.2) is 55.5 Å². The second-order valence-electron chi connectivity index (χ2n) is 9.56. The van der Waals surface area contributed by atoms with E-state index >= 15 is 0 Å². The Labute approximate surface area is 201 Å². The third kappa shape index (κ3) is 5.59. The molecule has 2 aromatic carbocycles. The van der Waals surface area contributed by atoms with Crippen molar-refractivity contribution in [2.75, 3.05) is 33.8 Å². The molecule has 0 aromatic heterocycles. The Morgan fingerprint density at radius 3 is 2.41 bits per heavy atom. The highest BCUT2D eigenvalue weighted by molar-refractivity contribution is 6.46. The van der Waals surface area contributed by atoms with Gasteiger partial charge < -0.3 is 24.7 Å². The summed E-state index contributed by atoms with van der Waals surface area (Å²) >= 11 is 0. The largest absolute Gasteiger partial charge is 0.872 e. The molecule has 2 aromatic rings. The van der Waals surface area contributed by atoms with E-state index in [4.69, 9.17) is 4.74 Å². The lowest BCUT2D eigenvalue weighted by Crippen LogP contribution is -3.05. The number of likely N-dealkylation sites (tertiary alicyclic amines) is 1. The summed E-state index contributed by atoms with van der Waals surface area (Å²) in [7, 11) is 4.04. The van der Waals surface area contributed by atoms with E-state index in [-0.39, 0.29) is 11.3 Å². The van der Waals surface area contributed by atoms with Crippen molar-refractivity contribution in [3.63, 3.8) is 0 Å². The van der Waals surface area contributed by atoms with E-state index in [0.717, 1.165) is 12.1 Å². The molecule has 0 aliphatic carbocycles. The van der Waals surface area contributed by atoms with E-state index in [1.807, 2.05) is 21.0 Å². The average Bonchev–Trinajstić information content (AvgIpc) is 3.03. The Hall–Kier alpha value is -3.32. The van der Waals surface area contributed by atoms with Crippen molar-refractivity contribution in [1.82, 2.24) is 4.90 Å². The van der Waals surface area contributed by atoms with Crippen molar-refractivity contribution in [3.8, 4) is 11.5 Å². The van der Waals surface area contributed by atoms with Crippen LogP contribution in [0.1, 0.15) is 43.0 Å². The maximum absolute atomic E-state index is 13.6. The number of quaternary nitrogens is 1. The molecule has 1 atom stereocenters. The number of nitrogens with one attached hydrogen (secondary N) is 1. The number of phenols is 1. The minimum absolute atomic E-state index is 0.0526. The zero-order valence-electron chi connectivity index (χ0n) is 20.6. The molecule has 7 heteroatoms. The summed E-state index contributed by atoms with van der Waals surface area (Å²) in [4.78, 5) is 28.8. The summed E-state index contributed by atoms with van der Waals surface area (Å²) in [5.74, 6) is -0.767. The van der Waals surface area contributed by atoms with Gasteiger partial charge in [0.05, 0.1) is 33.3 Å². The van der Waals surface area contributed by atoms with Crippen molar-refractivity contribution in [1.29, 1.82) is 0 Å². The second-order valence-corrected chi connectivity index (χ2v) is 9.56. The number of rotatable bonds is 9. The number of hydrogen-bond donors (Lipinski definition) is 2. The van der Waals surface area contributed by atoms with E-state index < -0.39 is 23.5 Å². The molecular weight excluding hydrogens is 432 g/mol. The fraction of sp³-hybridized carbons (Fsp3) is 0.407. The molecule has 0 radical (unpaired) electrons. The lowest BCUT2D eigenvalue weighted by molar-refractivity contribution is -0.858. The molecule has 0 spiro atoms. The summed E-state index contributed by atoms with van der Waals surface area (Å²) in [5.41, 5.74) is 1.69. The van der Waals surface area contributed by atoms with E-state index in [1.54, 1.807) is 30.3 Å². The first-order valence-electron chi connectivity index (χ1n) is 11.7. The third-order valence-corrected chi connectivity index (χ3v) is 5.82. The average molecular weight is 467 g/mol. The number of nitrogens with zero attached hydrogens (tertiary/aromatic N) is 1. The van der Waals surface area contributed by atoms with Crippen LogP contribution in [0.5, 0.6) is 11.5 Å². The van der Waals surface area contributed by atoms with Gasteiger partial charge in [-0.1, -0.05) is 37.8 Å². The number of aromatic hydroxyl groups is 1. The standard InChI is InChI=1S/C27H34N2O5/c1-17(2)16-34-22-12-9-20(15-18(22)3)25(31)23-24(19-7-10-21(30)11-8-19)29(27(33)26(23)32)14-6-13-28(4)5/h7-12,15,17,24,30-31H,6,13-14,16H2,1-5H3. The van der Waals surface area contributed by atoms with Crippen LogP contribution in [0.2, 0.25) is 0 Å². The fourth-order valence-electron chi connectivity index (χ4n) is 4.07. The normalized spacial score (nSPS) is 17.7. The molecular formula is C27H34N2O5. The van der Waals surface area contributed by atoms with Gasteiger partial charge in [0.25, 0.3) is 5.91 Å². The molecule has 1 saturated heterocycles. The molecule has 1 unspecified atom stereocenters. The summed E-state index contributed by atoms with van der Waals surface area (Å²) in [5, 5.41) is 23.3. The second kappa shape index (κ2) is 10.7. The number of ketones is 1. The van der Waals surface area contributed by atoms with Crippen LogP contribution in [0.3, 0.4) is 0 Å². The van der Waals surface area contributed by atoms with Gasteiger partial charge in [0, 0.05) is 18.5 Å². The Morgan fingerprint density at radius 1 is 1.15 bits per heavy atom. The predicted molar refractivity (Wildman–Crippen MR) is 128 cm³/mol. The maximum Gasteiger partial charge on any atom is 0.295 e. The summed E-state index contributed by atoms with van der Waals surface area (Å²) in [6, 6.07) is 10.6. The van der Waals surface area contributed by atoms with Crippen LogP contribution < -0.4 is 14.7 Å². The summed E-state index contributed by atoms with van der Waals surface area (Å²) < 4.78 is 5.81. The van der Waals surface area contributed by atoms with E-state index in [1.165, 1.54) is 21.9 Å². The first kappa shape index (κ1) is 25.3. The molecule has 1 aliphatic rings. The van der Waals surface area contributed by atoms with Gasteiger partial charge >= 0.3 is 0 Å². The quantitative estimate of drug-likeness (QED) is 0.332. The van der Waals surface area contributed by atoms with Gasteiger partial charge in [0.1, 0.15) is 11.5 Å². The highest BCUT2D eigenvalue weighted by atomic mass is 16.5. The smallest absolute Gasteiger partial charge is 0.295 e. The Morgan fingerprint density at radius 2 is 1.82 bits per heavy atom. The molecule has 3 rings (SSSR count). The topological polar surface area (TPSA) is 94.3 Å². The Balaban J connectivity index is 2.03. The van der Waals surface area contributed by atoms with Crippen LogP contribution >= 0.6 is 0 Å². The number of hydrogen-bond acceptors (Lipinski definition) is 5. The zero-order chi connectivity index (χ0) is 25.0. The number of carbonyl (C=O) groups excluding carboxylic acids is 2. The van der Waals surface area contributed by atoms with E-state index in [2.05, 4.69) is 13.8 Å². The molecule has 2 N–H and O–H groups in total. The third-order valence-electron chi connectivity index (χ3n) is 5.82. The van der Waals surface area contributed by atoms with Crippen LogP contribution in [0, 0.1) is 12.8 Å². The number of ether oxygens (including phenoxy) is 1. The number of aryl methyl sites for hydroxylation is 1. The van der Waals surface area contributed by atoms with Crippen molar-refractivity contribution < 1.29 is 29.4 Å². The van der Waals surface area contributed by atoms with Gasteiger partial charge in [0.2, 0.25) is 5.78 Å². The molecule has 1 aliphatic heterocycles. The lowest BCUT2D eigenvalue weighted by atomic mass is 9.94. The number of Topliss-reactive ketones (excluding diaryl/α,β-unsaturated/α-hetero) is 1. The van der Waals surface area contributed by atoms with Crippen LogP contribution in [-0.2, 0) is 9.59 Å². The van der Waals surface area contributed by atoms with Crippen molar-refractivity contribution in [3.05, 3.63) is 64.7 Å². The first-order valence-corrected chi connectivity index (χ1v) is 11.7. The molecule has 34 heavy (non-hydrogen) atoms. The maximum atomic E-state index is 13.6. The molecule has 1 fully saturated rings. The lowest BCUT2D eigenvalue weighted by Gasteiger charge is -2.28. The van der Waals surface area contributed by atoms with Gasteiger partial charge in [0.15, 0.2) is 0 Å². The van der Waals surface area contributed by atoms with Crippen LogP contribution in [0.15, 0.2) is 48.0 Å². The van der Waals surface area contributed by atoms with Crippen molar-refractivity contribution in [2.24, 2.45) is 5.92 Å². The molecule has 182 valence electrons. The molecule has 1 amide bonds. The predicted octanol–water partition coefficient (Wildman–Crippen LogP) is 1.49. The molecule has 0 saturated carbocycles. The highest BCUT2D eigenvalue weighted by Gasteiger charge is 2.43. The Kier molecular flexibility index (Phi) is 7.99. The first-order chi connectivity index (χ1) is 16.1.